The Hall–Kier alpha value is -3.14. The molecular weight excluding hydrogens is 342 g/mol. The number of anilines is 1. The van der Waals surface area contributed by atoms with Gasteiger partial charge in [0.25, 0.3) is 0 Å². The molecule has 1 heterocycles. The molecule has 0 aromatic heterocycles. The van der Waals surface area contributed by atoms with Crippen LogP contribution in [0.3, 0.4) is 0 Å². The van der Waals surface area contributed by atoms with Crippen molar-refractivity contribution in [2.45, 2.75) is 19.4 Å². The van der Waals surface area contributed by atoms with Crippen molar-refractivity contribution in [2.75, 3.05) is 18.1 Å². The second kappa shape index (κ2) is 8.99. The van der Waals surface area contributed by atoms with E-state index in [4.69, 9.17) is 10.6 Å². The lowest BCUT2D eigenvalue weighted by atomic mass is 10.0. The van der Waals surface area contributed by atoms with Gasteiger partial charge in [0.1, 0.15) is 0 Å². The number of benzene rings is 2. The van der Waals surface area contributed by atoms with E-state index in [-0.39, 0.29) is 31.3 Å². The quantitative estimate of drug-likeness (QED) is 0.465. The Kier molecular flexibility index (Phi) is 6.21. The van der Waals surface area contributed by atoms with Gasteiger partial charge in [-0.3, -0.25) is 14.4 Å². The molecule has 0 fully saturated rings. The molecule has 6 heteroatoms. The van der Waals surface area contributed by atoms with Crippen molar-refractivity contribution in [1.82, 2.24) is 5.48 Å². The molecule has 2 aromatic carbocycles. The van der Waals surface area contributed by atoms with Crippen molar-refractivity contribution < 1.29 is 14.4 Å². The van der Waals surface area contributed by atoms with Crippen LogP contribution in [0.5, 0.6) is 0 Å². The van der Waals surface area contributed by atoms with Crippen LogP contribution in [-0.4, -0.2) is 25.0 Å². The number of hydroxylamine groups is 1. The molecule has 1 aliphatic heterocycles. The summed E-state index contributed by atoms with van der Waals surface area (Å²) in [5, 5.41) is 0. The Morgan fingerprint density at radius 3 is 2.56 bits per heavy atom. The van der Waals surface area contributed by atoms with Gasteiger partial charge in [-0.2, -0.15) is 0 Å². The molecule has 2 aromatic rings. The zero-order chi connectivity index (χ0) is 19.1. The third-order valence-corrected chi connectivity index (χ3v) is 4.15. The first-order valence-corrected chi connectivity index (χ1v) is 8.79. The van der Waals surface area contributed by atoms with E-state index in [1.165, 1.54) is 0 Å². The maximum absolute atomic E-state index is 12.9. The monoisotopic (exact) mass is 363 g/mol. The van der Waals surface area contributed by atoms with Crippen molar-refractivity contribution in [1.29, 1.82) is 0 Å². The van der Waals surface area contributed by atoms with E-state index in [0.717, 1.165) is 22.4 Å². The van der Waals surface area contributed by atoms with Crippen LogP contribution >= 0.6 is 0 Å². The average molecular weight is 363 g/mol. The number of hydrogen-bond donors (Lipinski definition) is 2. The lowest BCUT2D eigenvalue weighted by Gasteiger charge is -2.26. The van der Waals surface area contributed by atoms with Crippen LogP contribution in [0.4, 0.5) is 5.69 Å². The number of nitrogens with one attached hydrogen (secondary N) is 1. The molecule has 0 saturated heterocycles. The summed E-state index contributed by atoms with van der Waals surface area (Å²) >= 11 is 0. The SMILES string of the molecule is NCCONC(=O)CCC(=O)N1Cc2ccccc2C#Cc2ccccc21. The van der Waals surface area contributed by atoms with Gasteiger partial charge in [-0.25, -0.2) is 5.48 Å². The number of rotatable bonds is 6. The maximum Gasteiger partial charge on any atom is 0.244 e. The van der Waals surface area contributed by atoms with Crippen molar-refractivity contribution in [2.24, 2.45) is 5.73 Å². The number of fused-ring (bicyclic) bond motifs is 2. The standard InChI is InChI=1S/C21H21N3O3/c22-13-14-27-23-20(25)11-12-21(26)24-15-18-7-2-1-5-16(18)9-10-17-6-3-4-8-19(17)24/h1-8H,11-15,22H2,(H,23,25). The first-order chi connectivity index (χ1) is 13.2. The van der Waals surface area contributed by atoms with Gasteiger partial charge in [0.2, 0.25) is 11.8 Å². The summed E-state index contributed by atoms with van der Waals surface area (Å²) in [6, 6.07) is 15.3. The molecule has 27 heavy (non-hydrogen) atoms. The Morgan fingerprint density at radius 1 is 1.04 bits per heavy atom. The molecule has 138 valence electrons. The highest BCUT2D eigenvalue weighted by Gasteiger charge is 2.21. The second-order valence-corrected chi connectivity index (χ2v) is 6.07. The van der Waals surface area contributed by atoms with Crippen molar-refractivity contribution in [3.8, 4) is 11.8 Å². The predicted octanol–water partition coefficient (Wildman–Crippen LogP) is 1.72. The highest BCUT2D eigenvalue weighted by atomic mass is 16.6. The van der Waals surface area contributed by atoms with Gasteiger partial charge in [0.05, 0.1) is 18.8 Å². The first kappa shape index (κ1) is 18.6. The Labute approximate surface area is 158 Å². The molecule has 2 amide bonds. The number of hydrogen-bond acceptors (Lipinski definition) is 4. The summed E-state index contributed by atoms with van der Waals surface area (Å²) in [6.07, 6.45) is 0.108. The Morgan fingerprint density at radius 2 is 1.74 bits per heavy atom. The molecule has 0 radical (unpaired) electrons. The van der Waals surface area contributed by atoms with Crippen LogP contribution in [0.1, 0.15) is 29.5 Å². The van der Waals surface area contributed by atoms with E-state index in [9.17, 15) is 9.59 Å². The first-order valence-electron chi connectivity index (χ1n) is 8.79. The molecule has 0 aliphatic carbocycles. The molecule has 3 N–H and O–H groups in total. The number of nitrogens with two attached hydrogens (primary N) is 1. The van der Waals surface area contributed by atoms with Gasteiger partial charge in [0, 0.05) is 30.5 Å². The van der Waals surface area contributed by atoms with E-state index in [2.05, 4.69) is 17.3 Å². The van der Waals surface area contributed by atoms with E-state index in [1.54, 1.807) is 4.90 Å². The van der Waals surface area contributed by atoms with Crippen LogP contribution in [0.2, 0.25) is 0 Å². The fraction of sp³-hybridized carbons (Fsp3) is 0.238. The third-order valence-electron chi connectivity index (χ3n) is 4.15. The molecule has 0 bridgehead atoms. The predicted molar refractivity (Wildman–Crippen MR) is 102 cm³/mol. The van der Waals surface area contributed by atoms with Crippen LogP contribution in [0.15, 0.2) is 48.5 Å². The number of amides is 2. The molecule has 0 atom stereocenters. The minimum absolute atomic E-state index is 0.0371. The largest absolute Gasteiger partial charge is 0.328 e. The van der Waals surface area contributed by atoms with Gasteiger partial charge >= 0.3 is 0 Å². The number of nitrogens with zero attached hydrogens (tertiary/aromatic N) is 1. The smallest absolute Gasteiger partial charge is 0.244 e. The topological polar surface area (TPSA) is 84.7 Å². The highest BCUT2D eigenvalue weighted by molar-refractivity contribution is 5.96. The molecular formula is C21H21N3O3. The number of carbonyl (C=O) groups excluding carboxylic acids is 2. The van der Waals surface area contributed by atoms with E-state index >= 15 is 0 Å². The summed E-state index contributed by atoms with van der Waals surface area (Å²) in [5.41, 5.74) is 11.0. The summed E-state index contributed by atoms with van der Waals surface area (Å²) in [7, 11) is 0. The second-order valence-electron chi connectivity index (χ2n) is 6.07. The highest BCUT2D eigenvalue weighted by Crippen LogP contribution is 2.26. The zero-order valence-electron chi connectivity index (χ0n) is 14.9. The van der Waals surface area contributed by atoms with Gasteiger partial charge in [0.15, 0.2) is 0 Å². The van der Waals surface area contributed by atoms with Crippen LogP contribution < -0.4 is 16.1 Å². The Bertz CT molecular complexity index is 899. The zero-order valence-corrected chi connectivity index (χ0v) is 14.9. The minimum Gasteiger partial charge on any atom is -0.328 e. The lowest BCUT2D eigenvalue weighted by molar-refractivity contribution is -0.135. The number of para-hydroxylation sites is 1. The van der Waals surface area contributed by atoms with Crippen LogP contribution in [-0.2, 0) is 21.0 Å². The third kappa shape index (κ3) is 4.73. The fourth-order valence-electron chi connectivity index (χ4n) is 2.80. The normalized spacial score (nSPS) is 12.0. The van der Waals surface area contributed by atoms with Crippen LogP contribution in [0, 0.1) is 11.8 Å². The van der Waals surface area contributed by atoms with Crippen LogP contribution in [0.25, 0.3) is 0 Å². The summed E-state index contributed by atoms with van der Waals surface area (Å²) < 4.78 is 0. The Balaban J connectivity index is 1.79. The van der Waals surface area contributed by atoms with Gasteiger partial charge < -0.3 is 10.6 Å². The average Bonchev–Trinajstić information content (AvgIpc) is 2.68. The molecule has 6 nitrogen and oxygen atoms in total. The lowest BCUT2D eigenvalue weighted by Crippen LogP contribution is -2.33. The molecule has 0 saturated carbocycles. The van der Waals surface area contributed by atoms with Gasteiger partial charge in [-0.1, -0.05) is 42.2 Å². The molecule has 0 spiro atoms. The van der Waals surface area contributed by atoms with E-state index < -0.39 is 0 Å². The number of carbonyl (C=O) groups is 2. The molecule has 1 aliphatic rings. The van der Waals surface area contributed by atoms with E-state index in [1.807, 2.05) is 48.5 Å². The molecule has 3 rings (SSSR count). The van der Waals surface area contributed by atoms with E-state index in [0.29, 0.717) is 13.1 Å². The minimum atomic E-state index is -0.350. The van der Waals surface area contributed by atoms with Crippen molar-refractivity contribution >= 4 is 17.5 Å². The van der Waals surface area contributed by atoms with Crippen molar-refractivity contribution in [3.05, 3.63) is 65.2 Å². The van der Waals surface area contributed by atoms with Gasteiger partial charge in [-0.15, -0.1) is 0 Å². The summed E-state index contributed by atoms with van der Waals surface area (Å²) in [6.45, 7) is 0.949. The molecule has 0 unspecified atom stereocenters. The van der Waals surface area contributed by atoms with Gasteiger partial charge in [-0.05, 0) is 23.8 Å². The fourth-order valence-corrected chi connectivity index (χ4v) is 2.80. The van der Waals surface area contributed by atoms with Crippen molar-refractivity contribution in [3.63, 3.8) is 0 Å². The summed E-state index contributed by atoms with van der Waals surface area (Å²) in [4.78, 5) is 31.3. The summed E-state index contributed by atoms with van der Waals surface area (Å²) in [5.74, 6) is 5.84. The maximum atomic E-state index is 12.9.